The lowest BCUT2D eigenvalue weighted by Crippen LogP contribution is -2.48. The van der Waals surface area contributed by atoms with E-state index < -0.39 is 0 Å². The van der Waals surface area contributed by atoms with E-state index >= 15 is 0 Å². The number of anilines is 2. The van der Waals surface area contributed by atoms with Crippen LogP contribution in [0.2, 0.25) is 0 Å². The van der Waals surface area contributed by atoms with Gasteiger partial charge in [0, 0.05) is 43.2 Å². The molecule has 2 fully saturated rings. The number of carbonyl (C=O) groups excluding carboxylic acids is 1. The molecule has 2 aliphatic rings. The molecule has 1 amide bonds. The molecule has 3 aromatic heterocycles. The molecule has 1 saturated heterocycles. The van der Waals surface area contributed by atoms with Crippen molar-refractivity contribution in [2.75, 3.05) is 29.9 Å². The number of nitrogens with one attached hydrogen (secondary N) is 2. The van der Waals surface area contributed by atoms with Gasteiger partial charge in [0.1, 0.15) is 17.3 Å². The number of carbonyl (C=O) groups is 1. The first-order valence-electron chi connectivity index (χ1n) is 12.6. The standard InChI is InChI=1S/C27H28N6O3S.CH4/c34-23-4-2-1-3-20(23)31-27-32-21-7-6-18(14-24(21)37-27)36-19-9-10-28-22(13-19)17-5-8-25(30-15-17)33-12-11-29-26(35)16-33;/h5-10,13-15,20,23,34H,1-4,11-12,16H2,(H,29,35)(H,31,32);1H4/t20-,23-;/m1./s1. The average molecular weight is 533 g/mol. The van der Waals surface area contributed by atoms with E-state index in [0.29, 0.717) is 18.8 Å². The second kappa shape index (κ2) is 11.3. The van der Waals surface area contributed by atoms with Crippen molar-refractivity contribution in [2.24, 2.45) is 0 Å². The molecule has 1 saturated carbocycles. The molecule has 1 aromatic carbocycles. The van der Waals surface area contributed by atoms with Gasteiger partial charge in [-0.1, -0.05) is 31.6 Å². The highest BCUT2D eigenvalue weighted by Gasteiger charge is 2.24. The zero-order valence-corrected chi connectivity index (χ0v) is 21.1. The van der Waals surface area contributed by atoms with Crippen LogP contribution in [0.3, 0.4) is 0 Å². The van der Waals surface area contributed by atoms with Crippen molar-refractivity contribution >= 4 is 38.4 Å². The summed E-state index contributed by atoms with van der Waals surface area (Å²) in [4.78, 5) is 27.4. The first-order valence-corrected chi connectivity index (χ1v) is 13.4. The van der Waals surface area contributed by atoms with Gasteiger partial charge in [-0.2, -0.15) is 0 Å². The van der Waals surface area contributed by atoms with E-state index in [1.54, 1.807) is 23.7 Å². The van der Waals surface area contributed by atoms with Crippen molar-refractivity contribution in [3.8, 4) is 22.8 Å². The Bertz CT molecular complexity index is 1410. The number of aromatic nitrogens is 3. The van der Waals surface area contributed by atoms with Gasteiger partial charge in [-0.15, -0.1) is 0 Å². The van der Waals surface area contributed by atoms with Crippen molar-refractivity contribution < 1.29 is 14.6 Å². The van der Waals surface area contributed by atoms with E-state index in [0.717, 1.165) is 70.4 Å². The number of aliphatic hydroxyl groups excluding tert-OH is 1. The molecule has 4 aromatic rings. The molecule has 4 heterocycles. The van der Waals surface area contributed by atoms with Crippen LogP contribution in [0.1, 0.15) is 33.1 Å². The van der Waals surface area contributed by atoms with E-state index in [-0.39, 0.29) is 25.5 Å². The molecule has 0 unspecified atom stereocenters. The minimum atomic E-state index is -0.321. The number of thiazole rings is 1. The number of ether oxygens (including phenoxy) is 1. The Hall–Kier alpha value is -3.76. The summed E-state index contributed by atoms with van der Waals surface area (Å²) < 4.78 is 7.18. The minimum Gasteiger partial charge on any atom is -0.457 e. The van der Waals surface area contributed by atoms with Gasteiger partial charge in [0.25, 0.3) is 0 Å². The van der Waals surface area contributed by atoms with Crippen LogP contribution in [-0.2, 0) is 4.79 Å². The first-order chi connectivity index (χ1) is 18.1. The number of aliphatic hydroxyl groups is 1. The summed E-state index contributed by atoms with van der Waals surface area (Å²) in [7, 11) is 0. The Morgan fingerprint density at radius 1 is 1.08 bits per heavy atom. The Balaban J connectivity index is 0.00000294. The van der Waals surface area contributed by atoms with E-state index in [2.05, 4.69) is 25.6 Å². The van der Waals surface area contributed by atoms with Crippen LogP contribution in [0.15, 0.2) is 54.9 Å². The SMILES string of the molecule is C.O=C1CN(c2ccc(-c3cc(Oc4ccc5nc(N[C@@H]6CCCC[C@H]6O)sc5c4)ccn3)cn2)CCN1. The fraction of sp³-hybridized carbons (Fsp3) is 0.357. The van der Waals surface area contributed by atoms with Crippen molar-refractivity contribution in [2.45, 2.75) is 45.3 Å². The maximum Gasteiger partial charge on any atom is 0.239 e. The number of rotatable bonds is 6. The molecule has 6 rings (SSSR count). The Morgan fingerprint density at radius 3 is 2.76 bits per heavy atom. The summed E-state index contributed by atoms with van der Waals surface area (Å²) in [6.45, 7) is 1.68. The van der Waals surface area contributed by atoms with Gasteiger partial charge >= 0.3 is 0 Å². The van der Waals surface area contributed by atoms with E-state index in [1.807, 2.05) is 47.4 Å². The topological polar surface area (TPSA) is 113 Å². The third-order valence-electron chi connectivity index (χ3n) is 6.77. The second-order valence-corrected chi connectivity index (χ2v) is 10.4. The quantitative estimate of drug-likeness (QED) is 0.324. The number of piperazine rings is 1. The normalized spacial score (nSPS) is 19.5. The monoisotopic (exact) mass is 532 g/mol. The number of benzene rings is 1. The molecular weight excluding hydrogens is 500 g/mol. The van der Waals surface area contributed by atoms with Gasteiger partial charge in [-0.3, -0.25) is 9.78 Å². The number of hydrogen-bond acceptors (Lipinski definition) is 9. The fourth-order valence-electron chi connectivity index (χ4n) is 4.80. The van der Waals surface area contributed by atoms with Crippen LogP contribution >= 0.6 is 11.3 Å². The highest BCUT2D eigenvalue weighted by molar-refractivity contribution is 7.22. The molecular formula is C28H32N6O3S. The van der Waals surface area contributed by atoms with Gasteiger partial charge < -0.3 is 25.4 Å². The molecule has 198 valence electrons. The summed E-state index contributed by atoms with van der Waals surface area (Å²) >= 11 is 1.57. The zero-order valence-electron chi connectivity index (χ0n) is 20.3. The fourth-order valence-corrected chi connectivity index (χ4v) is 5.75. The van der Waals surface area contributed by atoms with Gasteiger partial charge in [-0.25, -0.2) is 9.97 Å². The number of hydrogen-bond donors (Lipinski definition) is 3. The molecule has 9 nitrogen and oxygen atoms in total. The molecule has 0 radical (unpaired) electrons. The summed E-state index contributed by atoms with van der Waals surface area (Å²) in [5.41, 5.74) is 2.52. The van der Waals surface area contributed by atoms with E-state index in [1.165, 1.54) is 0 Å². The Morgan fingerprint density at radius 2 is 1.95 bits per heavy atom. The van der Waals surface area contributed by atoms with Gasteiger partial charge in [-0.05, 0) is 43.2 Å². The molecule has 0 spiro atoms. The maximum atomic E-state index is 11.7. The summed E-state index contributed by atoms with van der Waals surface area (Å²) in [5.74, 6) is 2.18. The first kappa shape index (κ1) is 25.9. The smallest absolute Gasteiger partial charge is 0.239 e. The van der Waals surface area contributed by atoms with Crippen LogP contribution in [0.4, 0.5) is 10.9 Å². The largest absolute Gasteiger partial charge is 0.457 e. The van der Waals surface area contributed by atoms with Crippen LogP contribution in [-0.4, -0.2) is 57.7 Å². The molecule has 3 N–H and O–H groups in total. The van der Waals surface area contributed by atoms with Crippen LogP contribution in [0.25, 0.3) is 21.5 Å². The van der Waals surface area contributed by atoms with E-state index in [9.17, 15) is 9.90 Å². The molecule has 1 aliphatic heterocycles. The number of nitrogens with zero attached hydrogens (tertiary/aromatic N) is 4. The second-order valence-electron chi connectivity index (χ2n) is 9.41. The number of pyridine rings is 2. The Kier molecular flexibility index (Phi) is 7.71. The number of amides is 1. The molecule has 10 heteroatoms. The molecule has 1 aliphatic carbocycles. The number of fused-ring (bicyclic) bond motifs is 1. The predicted octanol–water partition coefficient (Wildman–Crippen LogP) is 4.83. The highest BCUT2D eigenvalue weighted by atomic mass is 32.1. The third kappa shape index (κ3) is 5.71. The van der Waals surface area contributed by atoms with Gasteiger partial charge in [0.15, 0.2) is 5.13 Å². The third-order valence-corrected chi connectivity index (χ3v) is 7.72. The van der Waals surface area contributed by atoms with Crippen LogP contribution < -0.4 is 20.3 Å². The molecule has 2 atom stereocenters. The highest BCUT2D eigenvalue weighted by Crippen LogP contribution is 2.33. The molecule has 38 heavy (non-hydrogen) atoms. The lowest BCUT2D eigenvalue weighted by molar-refractivity contribution is -0.120. The average Bonchev–Trinajstić information content (AvgIpc) is 3.32. The van der Waals surface area contributed by atoms with Crippen molar-refractivity contribution in [3.63, 3.8) is 0 Å². The lowest BCUT2D eigenvalue weighted by Gasteiger charge is -2.27. The van der Waals surface area contributed by atoms with Crippen molar-refractivity contribution in [3.05, 3.63) is 54.9 Å². The maximum absolute atomic E-state index is 11.7. The summed E-state index contributed by atoms with van der Waals surface area (Å²) in [6, 6.07) is 13.5. The van der Waals surface area contributed by atoms with Crippen molar-refractivity contribution in [1.82, 2.24) is 20.3 Å². The van der Waals surface area contributed by atoms with Crippen molar-refractivity contribution in [1.29, 1.82) is 0 Å². The van der Waals surface area contributed by atoms with Crippen LogP contribution in [0.5, 0.6) is 11.5 Å². The summed E-state index contributed by atoms with van der Waals surface area (Å²) in [5, 5.41) is 17.3. The van der Waals surface area contributed by atoms with E-state index in [4.69, 9.17) is 4.74 Å². The van der Waals surface area contributed by atoms with Gasteiger partial charge in [0.2, 0.25) is 5.91 Å². The van der Waals surface area contributed by atoms with Gasteiger partial charge in [0.05, 0.1) is 34.6 Å². The molecule has 0 bridgehead atoms. The predicted molar refractivity (Wildman–Crippen MR) is 151 cm³/mol. The summed E-state index contributed by atoms with van der Waals surface area (Å²) in [6.07, 6.45) is 7.18. The lowest BCUT2D eigenvalue weighted by atomic mass is 9.93. The Labute approximate surface area is 225 Å². The zero-order chi connectivity index (χ0) is 25.2. The minimum absolute atomic E-state index is 0. The van der Waals surface area contributed by atoms with Crippen LogP contribution in [0, 0.1) is 0 Å².